The average Bonchev–Trinajstić information content (AvgIpc) is 2.37. The number of amides is 1. The lowest BCUT2D eigenvalue weighted by molar-refractivity contribution is -0.126. The highest BCUT2D eigenvalue weighted by molar-refractivity contribution is 5.98. The summed E-state index contributed by atoms with van der Waals surface area (Å²) in [7, 11) is 3.09. The third kappa shape index (κ3) is 2.48. The monoisotopic (exact) mass is 260 g/mol. The van der Waals surface area contributed by atoms with E-state index in [2.05, 4.69) is 11.4 Å². The van der Waals surface area contributed by atoms with Crippen LogP contribution >= 0.6 is 0 Å². The lowest BCUT2D eigenvalue weighted by atomic mass is 9.69. The smallest absolute Gasteiger partial charge is 0.244 e. The Kier molecular flexibility index (Phi) is 3.61. The average molecular weight is 260 g/mol. The molecule has 0 atom stereocenters. The molecule has 0 spiro atoms. The van der Waals surface area contributed by atoms with Gasteiger partial charge in [0.1, 0.15) is 16.9 Å². The molecule has 1 N–H and O–H groups in total. The molecule has 5 nitrogen and oxygen atoms in total. The Bertz CT molecular complexity index is 508. The van der Waals surface area contributed by atoms with E-state index >= 15 is 0 Å². The Balaban J connectivity index is 2.19. The van der Waals surface area contributed by atoms with Crippen LogP contribution < -0.4 is 14.8 Å². The molecule has 1 fully saturated rings. The zero-order chi connectivity index (χ0) is 13.9. The highest BCUT2D eigenvalue weighted by Crippen LogP contribution is 2.41. The van der Waals surface area contributed by atoms with E-state index < -0.39 is 5.41 Å². The second-order valence-corrected chi connectivity index (χ2v) is 4.60. The number of anilines is 1. The number of carbonyl (C=O) groups excluding carboxylic acids is 1. The lowest BCUT2D eigenvalue weighted by Crippen LogP contribution is -2.40. The number of nitrogens with zero attached hydrogens (tertiary/aromatic N) is 1. The Labute approximate surface area is 112 Å². The van der Waals surface area contributed by atoms with Crippen molar-refractivity contribution in [1.82, 2.24) is 0 Å². The number of rotatable bonds is 4. The van der Waals surface area contributed by atoms with E-state index in [1.807, 2.05) is 0 Å². The number of nitrogens with one attached hydrogen (secondary N) is 1. The van der Waals surface area contributed by atoms with Crippen LogP contribution in [-0.4, -0.2) is 20.1 Å². The van der Waals surface area contributed by atoms with Gasteiger partial charge in [-0.3, -0.25) is 4.79 Å². The summed E-state index contributed by atoms with van der Waals surface area (Å²) in [5.74, 6) is 0.931. The molecule has 0 aliphatic heterocycles. The predicted molar refractivity (Wildman–Crippen MR) is 70.1 cm³/mol. The summed E-state index contributed by atoms with van der Waals surface area (Å²) in [4.78, 5) is 12.1. The van der Waals surface area contributed by atoms with Crippen molar-refractivity contribution in [3.8, 4) is 17.6 Å². The van der Waals surface area contributed by atoms with Crippen molar-refractivity contribution < 1.29 is 14.3 Å². The molecule has 0 heterocycles. The van der Waals surface area contributed by atoms with Crippen molar-refractivity contribution in [2.45, 2.75) is 19.3 Å². The Morgan fingerprint density at radius 1 is 1.26 bits per heavy atom. The van der Waals surface area contributed by atoms with E-state index in [1.54, 1.807) is 32.4 Å². The topological polar surface area (TPSA) is 71.3 Å². The highest BCUT2D eigenvalue weighted by Gasteiger charge is 2.44. The minimum atomic E-state index is -0.865. The molecular formula is C14H16N2O3. The number of benzene rings is 1. The molecule has 1 aliphatic carbocycles. The lowest BCUT2D eigenvalue weighted by Gasteiger charge is -2.33. The number of nitriles is 1. The van der Waals surface area contributed by atoms with Gasteiger partial charge in [0, 0.05) is 23.9 Å². The molecule has 1 aromatic carbocycles. The molecule has 5 heteroatoms. The highest BCUT2D eigenvalue weighted by atomic mass is 16.5. The Morgan fingerprint density at radius 3 is 2.21 bits per heavy atom. The van der Waals surface area contributed by atoms with E-state index in [0.29, 0.717) is 30.0 Å². The minimum Gasteiger partial charge on any atom is -0.497 e. The molecule has 1 saturated carbocycles. The first-order valence-corrected chi connectivity index (χ1v) is 6.09. The van der Waals surface area contributed by atoms with E-state index in [9.17, 15) is 4.79 Å². The molecule has 1 aromatic rings. The van der Waals surface area contributed by atoms with Crippen LogP contribution in [0.1, 0.15) is 19.3 Å². The van der Waals surface area contributed by atoms with Gasteiger partial charge in [-0.15, -0.1) is 0 Å². The van der Waals surface area contributed by atoms with Crippen molar-refractivity contribution in [3.63, 3.8) is 0 Å². The third-order valence-electron chi connectivity index (χ3n) is 3.47. The summed E-state index contributed by atoms with van der Waals surface area (Å²) in [6.07, 6.45) is 2.16. The van der Waals surface area contributed by atoms with Crippen LogP contribution in [-0.2, 0) is 4.79 Å². The van der Waals surface area contributed by atoms with Crippen LogP contribution in [0.25, 0.3) is 0 Å². The van der Waals surface area contributed by atoms with Gasteiger partial charge < -0.3 is 14.8 Å². The van der Waals surface area contributed by atoms with Crippen LogP contribution in [0.4, 0.5) is 5.69 Å². The molecule has 0 aromatic heterocycles. The number of ether oxygens (including phenoxy) is 2. The van der Waals surface area contributed by atoms with Gasteiger partial charge >= 0.3 is 0 Å². The molecular weight excluding hydrogens is 244 g/mol. The maximum absolute atomic E-state index is 12.1. The van der Waals surface area contributed by atoms with Crippen molar-refractivity contribution in [2.75, 3.05) is 19.5 Å². The van der Waals surface area contributed by atoms with Crippen LogP contribution in [0, 0.1) is 16.7 Å². The van der Waals surface area contributed by atoms with E-state index in [1.165, 1.54) is 0 Å². The van der Waals surface area contributed by atoms with Gasteiger partial charge in [0.2, 0.25) is 5.91 Å². The molecule has 1 aliphatic rings. The second kappa shape index (κ2) is 5.19. The molecule has 0 radical (unpaired) electrons. The third-order valence-corrected chi connectivity index (χ3v) is 3.47. The SMILES string of the molecule is COc1cc(NC(=O)C2(C#N)CCC2)cc(OC)c1. The fraction of sp³-hybridized carbons (Fsp3) is 0.429. The zero-order valence-electron chi connectivity index (χ0n) is 11.0. The first-order chi connectivity index (χ1) is 9.13. The Hall–Kier alpha value is -2.22. The number of carbonyl (C=O) groups is 1. The maximum atomic E-state index is 12.1. The molecule has 0 saturated heterocycles. The molecule has 0 bridgehead atoms. The second-order valence-electron chi connectivity index (χ2n) is 4.60. The van der Waals surface area contributed by atoms with Gasteiger partial charge in [-0.1, -0.05) is 0 Å². The van der Waals surface area contributed by atoms with Crippen LogP contribution in [0.2, 0.25) is 0 Å². The minimum absolute atomic E-state index is 0.253. The first kappa shape index (κ1) is 13.2. The predicted octanol–water partition coefficient (Wildman–Crippen LogP) is 2.34. The van der Waals surface area contributed by atoms with Gasteiger partial charge in [-0.25, -0.2) is 0 Å². The van der Waals surface area contributed by atoms with Crippen molar-refractivity contribution in [2.24, 2.45) is 5.41 Å². The van der Waals surface area contributed by atoms with Gasteiger partial charge in [-0.05, 0) is 19.3 Å². The van der Waals surface area contributed by atoms with Crippen LogP contribution in [0.5, 0.6) is 11.5 Å². The summed E-state index contributed by atoms with van der Waals surface area (Å²) in [5, 5.41) is 11.9. The fourth-order valence-electron chi connectivity index (χ4n) is 2.05. The molecule has 100 valence electrons. The number of hydrogen-bond acceptors (Lipinski definition) is 4. The summed E-state index contributed by atoms with van der Waals surface area (Å²) in [6.45, 7) is 0. The largest absolute Gasteiger partial charge is 0.497 e. The van der Waals surface area contributed by atoms with E-state index in [4.69, 9.17) is 14.7 Å². The quantitative estimate of drug-likeness (QED) is 0.901. The van der Waals surface area contributed by atoms with Crippen LogP contribution in [0.15, 0.2) is 18.2 Å². The van der Waals surface area contributed by atoms with Crippen molar-refractivity contribution in [3.05, 3.63) is 18.2 Å². The van der Waals surface area contributed by atoms with Gasteiger partial charge in [0.05, 0.1) is 20.3 Å². The van der Waals surface area contributed by atoms with Gasteiger partial charge in [0.25, 0.3) is 0 Å². The molecule has 1 amide bonds. The number of hydrogen-bond donors (Lipinski definition) is 1. The van der Waals surface area contributed by atoms with Gasteiger partial charge in [0.15, 0.2) is 0 Å². The van der Waals surface area contributed by atoms with E-state index in [-0.39, 0.29) is 5.91 Å². The molecule has 19 heavy (non-hydrogen) atoms. The van der Waals surface area contributed by atoms with Crippen molar-refractivity contribution >= 4 is 11.6 Å². The summed E-state index contributed by atoms with van der Waals surface area (Å²) in [6, 6.07) is 7.24. The summed E-state index contributed by atoms with van der Waals surface area (Å²) < 4.78 is 10.3. The van der Waals surface area contributed by atoms with Gasteiger partial charge in [-0.2, -0.15) is 5.26 Å². The fourth-order valence-corrected chi connectivity index (χ4v) is 2.05. The summed E-state index contributed by atoms with van der Waals surface area (Å²) in [5.41, 5.74) is -0.293. The van der Waals surface area contributed by atoms with E-state index in [0.717, 1.165) is 6.42 Å². The first-order valence-electron chi connectivity index (χ1n) is 6.09. The summed E-state index contributed by atoms with van der Waals surface area (Å²) >= 11 is 0. The van der Waals surface area contributed by atoms with Crippen LogP contribution in [0.3, 0.4) is 0 Å². The number of methoxy groups -OCH3 is 2. The molecule has 2 rings (SSSR count). The standard InChI is InChI=1S/C14H16N2O3/c1-18-11-6-10(7-12(8-11)19-2)16-13(17)14(9-15)4-3-5-14/h6-8H,3-5H2,1-2H3,(H,16,17). The normalized spacial score (nSPS) is 15.8. The Morgan fingerprint density at radius 2 is 1.84 bits per heavy atom. The maximum Gasteiger partial charge on any atom is 0.244 e. The zero-order valence-corrected chi connectivity index (χ0v) is 11.0. The molecule has 0 unspecified atom stereocenters. The van der Waals surface area contributed by atoms with Crippen molar-refractivity contribution in [1.29, 1.82) is 5.26 Å².